The van der Waals surface area contributed by atoms with Gasteiger partial charge in [-0.3, -0.25) is 4.90 Å². The Labute approximate surface area is 109 Å². The molecule has 1 N–H and O–H groups in total. The molecule has 102 valence electrons. The SMILES string of the molecule is CCC(C)(OC)N(C)C.O=C(O)c1ccccc1. The number of ether oxygens (including phenoxy) is 1. The summed E-state index contributed by atoms with van der Waals surface area (Å²) in [5, 5.41) is 8.38. The lowest BCUT2D eigenvalue weighted by molar-refractivity contribution is -0.101. The number of methoxy groups -OCH3 is 1. The number of benzene rings is 1. The van der Waals surface area contributed by atoms with Crippen molar-refractivity contribution >= 4 is 5.97 Å². The Morgan fingerprint density at radius 2 is 1.83 bits per heavy atom. The fourth-order valence-corrected chi connectivity index (χ4v) is 1.22. The van der Waals surface area contributed by atoms with Gasteiger partial charge in [-0.1, -0.05) is 25.1 Å². The molecule has 1 aromatic carbocycles. The minimum atomic E-state index is -0.879. The Morgan fingerprint density at radius 3 is 2.00 bits per heavy atom. The Morgan fingerprint density at radius 1 is 1.33 bits per heavy atom. The van der Waals surface area contributed by atoms with E-state index in [9.17, 15) is 4.79 Å². The van der Waals surface area contributed by atoms with E-state index in [1.807, 2.05) is 14.1 Å². The van der Waals surface area contributed by atoms with Crippen LogP contribution in [-0.4, -0.2) is 42.9 Å². The molecule has 0 aliphatic rings. The summed E-state index contributed by atoms with van der Waals surface area (Å²) < 4.78 is 5.27. The second-order valence-electron chi connectivity index (χ2n) is 4.30. The Bertz CT molecular complexity index is 345. The lowest BCUT2D eigenvalue weighted by atomic mass is 10.2. The summed E-state index contributed by atoms with van der Waals surface area (Å²) >= 11 is 0. The predicted octanol–water partition coefficient (Wildman–Crippen LogP) is 2.71. The van der Waals surface area contributed by atoms with Gasteiger partial charge >= 0.3 is 5.97 Å². The molecule has 0 saturated heterocycles. The second kappa shape index (κ2) is 7.84. The first kappa shape index (κ1) is 16.6. The van der Waals surface area contributed by atoms with E-state index in [0.717, 1.165) is 6.42 Å². The molecule has 0 spiro atoms. The zero-order valence-corrected chi connectivity index (χ0v) is 11.8. The van der Waals surface area contributed by atoms with Gasteiger partial charge in [0, 0.05) is 7.11 Å². The molecule has 1 atom stereocenters. The van der Waals surface area contributed by atoms with Crippen LogP contribution in [0.25, 0.3) is 0 Å². The van der Waals surface area contributed by atoms with Crippen molar-refractivity contribution in [3.8, 4) is 0 Å². The van der Waals surface area contributed by atoms with Crippen LogP contribution in [0.5, 0.6) is 0 Å². The van der Waals surface area contributed by atoms with Gasteiger partial charge in [0.15, 0.2) is 0 Å². The summed E-state index contributed by atoms with van der Waals surface area (Å²) in [6, 6.07) is 8.30. The molecule has 0 fully saturated rings. The third kappa shape index (κ3) is 5.29. The Kier molecular flexibility index (Phi) is 7.24. The Balaban J connectivity index is 0.000000321. The molecule has 0 aromatic heterocycles. The molecule has 0 aliphatic carbocycles. The van der Waals surface area contributed by atoms with Crippen LogP contribution in [0.3, 0.4) is 0 Å². The number of carboxylic acids is 1. The topological polar surface area (TPSA) is 49.8 Å². The van der Waals surface area contributed by atoms with Crippen molar-refractivity contribution in [3.63, 3.8) is 0 Å². The molecule has 18 heavy (non-hydrogen) atoms. The van der Waals surface area contributed by atoms with Gasteiger partial charge in [-0.2, -0.15) is 0 Å². The van der Waals surface area contributed by atoms with Crippen molar-refractivity contribution in [3.05, 3.63) is 35.9 Å². The highest BCUT2D eigenvalue weighted by Gasteiger charge is 2.22. The molecule has 1 aromatic rings. The number of nitrogens with zero attached hydrogens (tertiary/aromatic N) is 1. The van der Waals surface area contributed by atoms with E-state index >= 15 is 0 Å². The monoisotopic (exact) mass is 253 g/mol. The summed E-state index contributed by atoms with van der Waals surface area (Å²) in [6.07, 6.45) is 1.01. The summed E-state index contributed by atoms with van der Waals surface area (Å²) in [4.78, 5) is 12.3. The molecule has 4 heteroatoms. The minimum Gasteiger partial charge on any atom is -0.478 e. The van der Waals surface area contributed by atoms with Gasteiger partial charge in [0.2, 0.25) is 0 Å². The van der Waals surface area contributed by atoms with Crippen LogP contribution in [0.4, 0.5) is 0 Å². The van der Waals surface area contributed by atoms with Crippen molar-refractivity contribution in [1.82, 2.24) is 4.90 Å². The van der Waals surface area contributed by atoms with E-state index in [1.54, 1.807) is 37.4 Å². The molecule has 0 radical (unpaired) electrons. The zero-order chi connectivity index (χ0) is 14.2. The maximum atomic E-state index is 10.2. The summed E-state index contributed by atoms with van der Waals surface area (Å²) in [6.45, 7) is 4.19. The number of hydrogen-bond acceptors (Lipinski definition) is 3. The van der Waals surface area contributed by atoms with E-state index in [-0.39, 0.29) is 5.72 Å². The molecular weight excluding hydrogens is 230 g/mol. The molecule has 0 bridgehead atoms. The minimum absolute atomic E-state index is 0.0833. The maximum absolute atomic E-state index is 10.2. The zero-order valence-electron chi connectivity index (χ0n) is 11.8. The van der Waals surface area contributed by atoms with Crippen molar-refractivity contribution in [1.29, 1.82) is 0 Å². The maximum Gasteiger partial charge on any atom is 0.335 e. The van der Waals surface area contributed by atoms with Gasteiger partial charge in [0.05, 0.1) is 5.56 Å². The number of hydrogen-bond donors (Lipinski definition) is 1. The van der Waals surface area contributed by atoms with Gasteiger partial charge in [0.1, 0.15) is 5.72 Å². The first-order valence-corrected chi connectivity index (χ1v) is 5.88. The summed E-state index contributed by atoms with van der Waals surface area (Å²) in [5.74, 6) is -0.879. The van der Waals surface area contributed by atoms with Crippen molar-refractivity contribution in [2.24, 2.45) is 0 Å². The average molecular weight is 253 g/mol. The lowest BCUT2D eigenvalue weighted by Gasteiger charge is -2.33. The highest BCUT2D eigenvalue weighted by Crippen LogP contribution is 2.15. The van der Waals surface area contributed by atoms with E-state index in [0.29, 0.717) is 5.56 Å². The molecule has 0 saturated carbocycles. The van der Waals surface area contributed by atoms with E-state index in [1.165, 1.54) is 0 Å². The molecule has 0 heterocycles. The molecule has 0 aliphatic heterocycles. The molecule has 1 unspecified atom stereocenters. The van der Waals surface area contributed by atoms with Gasteiger partial charge in [-0.15, -0.1) is 0 Å². The van der Waals surface area contributed by atoms with E-state index < -0.39 is 5.97 Å². The van der Waals surface area contributed by atoms with Crippen LogP contribution in [-0.2, 0) is 4.74 Å². The molecule has 0 amide bonds. The van der Waals surface area contributed by atoms with E-state index in [2.05, 4.69) is 18.7 Å². The third-order valence-corrected chi connectivity index (χ3v) is 3.06. The number of rotatable bonds is 4. The van der Waals surface area contributed by atoms with Crippen LogP contribution >= 0.6 is 0 Å². The fraction of sp³-hybridized carbons (Fsp3) is 0.500. The van der Waals surface area contributed by atoms with Gasteiger partial charge < -0.3 is 9.84 Å². The summed E-state index contributed by atoms with van der Waals surface area (Å²) in [7, 11) is 5.78. The molecular formula is C14H23NO3. The highest BCUT2D eigenvalue weighted by atomic mass is 16.5. The van der Waals surface area contributed by atoms with Crippen LogP contribution in [0.2, 0.25) is 0 Å². The Hall–Kier alpha value is -1.39. The standard InChI is InChI=1S/C7H17NO.C7H6O2/c1-6-7(2,9-5)8(3)4;8-7(9)6-4-2-1-3-5-6/h6H2,1-5H3;1-5H,(H,8,9). The van der Waals surface area contributed by atoms with Crippen molar-refractivity contribution < 1.29 is 14.6 Å². The van der Waals surface area contributed by atoms with Crippen LogP contribution in [0.1, 0.15) is 30.6 Å². The van der Waals surface area contributed by atoms with Crippen molar-refractivity contribution in [2.45, 2.75) is 26.0 Å². The summed E-state index contributed by atoms with van der Waals surface area (Å²) in [5.41, 5.74) is 0.248. The molecule has 1 rings (SSSR count). The number of carboxylic acid groups (broad SMARTS) is 1. The first-order valence-electron chi connectivity index (χ1n) is 5.88. The van der Waals surface area contributed by atoms with Crippen LogP contribution in [0.15, 0.2) is 30.3 Å². The van der Waals surface area contributed by atoms with Gasteiger partial charge in [0.25, 0.3) is 0 Å². The van der Waals surface area contributed by atoms with Crippen LogP contribution < -0.4 is 0 Å². The quantitative estimate of drug-likeness (QED) is 0.838. The fourth-order valence-electron chi connectivity index (χ4n) is 1.22. The highest BCUT2D eigenvalue weighted by molar-refractivity contribution is 5.87. The normalized spacial score (nSPS) is 13.4. The number of aromatic carboxylic acids is 1. The van der Waals surface area contributed by atoms with Gasteiger partial charge in [-0.25, -0.2) is 4.79 Å². The lowest BCUT2D eigenvalue weighted by Crippen LogP contribution is -2.42. The predicted molar refractivity (Wildman–Crippen MR) is 72.8 cm³/mol. The third-order valence-electron chi connectivity index (χ3n) is 3.06. The molecule has 4 nitrogen and oxygen atoms in total. The van der Waals surface area contributed by atoms with Gasteiger partial charge in [-0.05, 0) is 39.6 Å². The van der Waals surface area contributed by atoms with Crippen molar-refractivity contribution in [2.75, 3.05) is 21.2 Å². The second-order valence-corrected chi connectivity index (χ2v) is 4.30. The largest absolute Gasteiger partial charge is 0.478 e. The average Bonchev–Trinajstić information content (AvgIpc) is 2.39. The van der Waals surface area contributed by atoms with Crippen LogP contribution in [0, 0.1) is 0 Å². The van der Waals surface area contributed by atoms with E-state index in [4.69, 9.17) is 9.84 Å². The number of carbonyl (C=O) groups is 1. The smallest absolute Gasteiger partial charge is 0.335 e. The first-order chi connectivity index (χ1) is 8.37.